The number of ether oxygens (including phenoxy) is 2. The van der Waals surface area contributed by atoms with Crippen LogP contribution >= 0.6 is 11.8 Å². The lowest BCUT2D eigenvalue weighted by Crippen LogP contribution is -2.40. The first kappa shape index (κ1) is 27.0. The molecule has 1 fully saturated rings. The van der Waals surface area contributed by atoms with E-state index in [1.165, 1.54) is 20.9 Å². The van der Waals surface area contributed by atoms with Crippen molar-refractivity contribution in [3.63, 3.8) is 0 Å². The monoisotopic (exact) mass is 551 g/mol. The van der Waals surface area contributed by atoms with Gasteiger partial charge in [0.15, 0.2) is 22.6 Å². The Hall–Kier alpha value is -3.54. The lowest BCUT2D eigenvalue weighted by Gasteiger charge is -2.22. The Morgan fingerprint density at radius 2 is 1.95 bits per heavy atom. The molecule has 3 heterocycles. The van der Waals surface area contributed by atoms with Crippen molar-refractivity contribution in [1.29, 1.82) is 0 Å². The lowest BCUT2D eigenvalue weighted by atomic mass is 10.2. The van der Waals surface area contributed by atoms with Gasteiger partial charge in [-0.1, -0.05) is 36.0 Å². The number of aromatic nitrogens is 4. The number of hydrogen-bond donors (Lipinski definition) is 2. The number of nitrogens with zero attached hydrogens (tertiary/aromatic N) is 4. The highest BCUT2D eigenvalue weighted by molar-refractivity contribution is 7.98. The summed E-state index contributed by atoms with van der Waals surface area (Å²) in [6.45, 7) is 1.71. The molecule has 39 heavy (non-hydrogen) atoms. The average molecular weight is 552 g/mol. The van der Waals surface area contributed by atoms with E-state index >= 15 is 0 Å². The zero-order valence-corrected chi connectivity index (χ0v) is 22.7. The first-order valence-corrected chi connectivity index (χ1v) is 14.1. The molecule has 4 aromatic rings. The highest BCUT2D eigenvalue weighted by Crippen LogP contribution is 2.27. The minimum absolute atomic E-state index is 0.188. The molecular weight excluding hydrogens is 518 g/mol. The SMILES string of the molecule is Cn1c(=O)n(CCCOC2CCCCO2)c(=O)c2c1nc(SCc1cccc(O)c1)n2Cc1ccc(N)cc1. The highest BCUT2D eigenvalue weighted by Gasteiger charge is 2.21. The number of fused-ring (bicyclic) bond motifs is 1. The van der Waals surface area contributed by atoms with Gasteiger partial charge in [-0.3, -0.25) is 13.9 Å². The van der Waals surface area contributed by atoms with Crippen LogP contribution in [-0.4, -0.2) is 43.3 Å². The van der Waals surface area contributed by atoms with Crippen molar-refractivity contribution in [2.75, 3.05) is 18.9 Å². The molecule has 1 aliphatic heterocycles. The Morgan fingerprint density at radius 3 is 2.69 bits per heavy atom. The van der Waals surface area contributed by atoms with Crippen molar-refractivity contribution in [3.8, 4) is 5.75 Å². The predicted octanol–water partition coefficient (Wildman–Crippen LogP) is 3.46. The Bertz CT molecular complexity index is 1550. The van der Waals surface area contributed by atoms with Gasteiger partial charge in [0.25, 0.3) is 5.56 Å². The van der Waals surface area contributed by atoms with Crippen LogP contribution < -0.4 is 17.0 Å². The molecule has 0 saturated carbocycles. The fourth-order valence-corrected chi connectivity index (χ4v) is 5.62. The van der Waals surface area contributed by atoms with Crippen LogP contribution in [0.25, 0.3) is 11.2 Å². The molecule has 3 N–H and O–H groups in total. The molecule has 1 aliphatic rings. The maximum absolute atomic E-state index is 13.8. The lowest BCUT2D eigenvalue weighted by molar-refractivity contribution is -0.163. The molecule has 1 unspecified atom stereocenters. The number of aromatic hydroxyl groups is 1. The first-order chi connectivity index (χ1) is 18.9. The molecule has 1 atom stereocenters. The smallest absolute Gasteiger partial charge is 0.332 e. The largest absolute Gasteiger partial charge is 0.508 e. The number of phenols is 1. The average Bonchev–Trinajstić information content (AvgIpc) is 3.30. The highest BCUT2D eigenvalue weighted by atomic mass is 32.2. The van der Waals surface area contributed by atoms with Crippen molar-refractivity contribution in [1.82, 2.24) is 18.7 Å². The molecule has 206 valence electrons. The summed E-state index contributed by atoms with van der Waals surface area (Å²) < 4.78 is 16.0. The fraction of sp³-hybridized carbons (Fsp3) is 0.393. The van der Waals surface area contributed by atoms with E-state index in [-0.39, 0.29) is 24.1 Å². The third-order valence-electron chi connectivity index (χ3n) is 6.76. The Kier molecular flexibility index (Phi) is 8.39. The summed E-state index contributed by atoms with van der Waals surface area (Å²) in [5.41, 5.74) is 8.30. The van der Waals surface area contributed by atoms with E-state index in [2.05, 4.69) is 0 Å². The van der Waals surface area contributed by atoms with Crippen LogP contribution in [-0.2, 0) is 35.4 Å². The van der Waals surface area contributed by atoms with E-state index in [0.29, 0.717) is 53.9 Å². The molecule has 0 aliphatic carbocycles. The molecule has 1 saturated heterocycles. The van der Waals surface area contributed by atoms with Crippen LogP contribution in [0, 0.1) is 0 Å². The van der Waals surface area contributed by atoms with Crippen molar-refractivity contribution in [3.05, 3.63) is 80.5 Å². The van der Waals surface area contributed by atoms with Gasteiger partial charge < -0.3 is 24.9 Å². The van der Waals surface area contributed by atoms with Gasteiger partial charge in [0.2, 0.25) is 0 Å². The first-order valence-electron chi connectivity index (χ1n) is 13.1. The summed E-state index contributed by atoms with van der Waals surface area (Å²) >= 11 is 1.44. The summed E-state index contributed by atoms with van der Waals surface area (Å²) in [5, 5.41) is 10.5. The summed E-state index contributed by atoms with van der Waals surface area (Å²) in [6.07, 6.45) is 3.27. The van der Waals surface area contributed by atoms with Gasteiger partial charge in [0, 0.05) is 31.6 Å². The van der Waals surface area contributed by atoms with Gasteiger partial charge in [-0.05, 0) is 61.1 Å². The maximum atomic E-state index is 13.8. The molecule has 0 spiro atoms. The van der Waals surface area contributed by atoms with Crippen molar-refractivity contribution in [2.45, 2.75) is 56.0 Å². The second kappa shape index (κ2) is 12.1. The normalized spacial score (nSPS) is 15.7. The number of rotatable bonds is 10. The van der Waals surface area contributed by atoms with E-state index in [9.17, 15) is 14.7 Å². The van der Waals surface area contributed by atoms with Gasteiger partial charge in [-0.25, -0.2) is 9.78 Å². The number of phenolic OH excluding ortho intramolecular Hbond substituents is 1. The van der Waals surface area contributed by atoms with Crippen LogP contribution in [0.5, 0.6) is 5.75 Å². The van der Waals surface area contributed by atoms with Gasteiger partial charge in [0.05, 0.1) is 13.2 Å². The fourth-order valence-electron chi connectivity index (χ4n) is 4.69. The molecule has 2 aromatic carbocycles. The van der Waals surface area contributed by atoms with Crippen molar-refractivity contribution < 1.29 is 14.6 Å². The van der Waals surface area contributed by atoms with E-state index in [1.54, 1.807) is 25.2 Å². The maximum Gasteiger partial charge on any atom is 0.332 e. The summed E-state index contributed by atoms with van der Waals surface area (Å²) in [7, 11) is 1.64. The molecule has 10 nitrogen and oxygen atoms in total. The van der Waals surface area contributed by atoms with Crippen LogP contribution in [0.15, 0.2) is 63.3 Å². The number of benzene rings is 2. The molecule has 11 heteroatoms. The molecule has 0 amide bonds. The topological polar surface area (TPSA) is 127 Å². The van der Waals surface area contributed by atoms with Gasteiger partial charge >= 0.3 is 5.69 Å². The Morgan fingerprint density at radius 1 is 1.13 bits per heavy atom. The predicted molar refractivity (Wildman–Crippen MR) is 151 cm³/mol. The zero-order chi connectivity index (χ0) is 27.4. The Balaban J connectivity index is 1.47. The number of nitrogen functional groups attached to an aromatic ring is 1. The second-order valence-corrected chi connectivity index (χ2v) is 10.6. The minimum Gasteiger partial charge on any atom is -0.508 e. The van der Waals surface area contributed by atoms with E-state index in [0.717, 1.165) is 30.4 Å². The summed E-state index contributed by atoms with van der Waals surface area (Å²) in [5.74, 6) is 0.718. The molecular formula is C28H33N5O5S. The summed E-state index contributed by atoms with van der Waals surface area (Å²) in [6, 6.07) is 14.5. The van der Waals surface area contributed by atoms with Crippen LogP contribution in [0.2, 0.25) is 0 Å². The number of imidazole rings is 1. The molecule has 5 rings (SSSR count). The second-order valence-electron chi connectivity index (χ2n) is 9.67. The number of aryl methyl sites for hydroxylation is 1. The molecule has 0 bridgehead atoms. The number of anilines is 1. The Labute approximate surface area is 230 Å². The van der Waals surface area contributed by atoms with Gasteiger partial charge in [0.1, 0.15) is 5.75 Å². The van der Waals surface area contributed by atoms with E-state index < -0.39 is 5.69 Å². The van der Waals surface area contributed by atoms with Crippen molar-refractivity contribution in [2.24, 2.45) is 7.05 Å². The van der Waals surface area contributed by atoms with Gasteiger partial charge in [-0.15, -0.1) is 0 Å². The van der Waals surface area contributed by atoms with E-state index in [4.69, 9.17) is 20.2 Å². The van der Waals surface area contributed by atoms with Gasteiger partial charge in [-0.2, -0.15) is 0 Å². The number of nitrogens with two attached hydrogens (primary N) is 1. The molecule has 0 radical (unpaired) electrons. The third kappa shape index (κ3) is 6.21. The van der Waals surface area contributed by atoms with Crippen molar-refractivity contribution >= 4 is 28.6 Å². The molecule has 2 aromatic heterocycles. The third-order valence-corrected chi connectivity index (χ3v) is 7.81. The number of thioether (sulfide) groups is 1. The zero-order valence-electron chi connectivity index (χ0n) is 21.9. The van der Waals surface area contributed by atoms with Crippen LogP contribution in [0.1, 0.15) is 36.8 Å². The minimum atomic E-state index is -0.414. The van der Waals surface area contributed by atoms with E-state index in [1.807, 2.05) is 34.9 Å². The number of hydrogen-bond acceptors (Lipinski definition) is 8. The van der Waals surface area contributed by atoms with Crippen LogP contribution in [0.3, 0.4) is 0 Å². The van der Waals surface area contributed by atoms with Crippen LogP contribution in [0.4, 0.5) is 5.69 Å². The summed E-state index contributed by atoms with van der Waals surface area (Å²) in [4.78, 5) is 31.7. The quantitative estimate of drug-likeness (QED) is 0.174. The standard InChI is InChI=1S/C28H33N5O5S/c1-31-25-24(26(35)32(28(31)36)13-5-15-38-23-8-2-3-14-37-23)33(17-19-9-11-21(29)12-10-19)27(30-25)39-18-20-6-4-7-22(34)16-20/h4,6-7,9-12,16,23,34H,2-3,5,8,13-15,17-18,29H2,1H3.